The Hall–Kier alpha value is -0.720. The lowest BCUT2D eigenvalue weighted by molar-refractivity contribution is -0.137. The zero-order valence-electron chi connectivity index (χ0n) is 7.20. The lowest BCUT2D eigenvalue weighted by Gasteiger charge is -2.07. The highest BCUT2D eigenvalue weighted by atomic mass is 31.2. The van der Waals surface area contributed by atoms with E-state index in [4.69, 9.17) is 25.7 Å². The molecule has 0 heterocycles. The molecule has 7 nitrogen and oxygen atoms in total. The number of aliphatic hydroxyl groups excluding tert-OH is 1. The van der Waals surface area contributed by atoms with E-state index >= 15 is 0 Å². The van der Waals surface area contributed by atoms with E-state index in [1.807, 2.05) is 0 Å². The summed E-state index contributed by atoms with van der Waals surface area (Å²) >= 11 is 0. The van der Waals surface area contributed by atoms with Crippen molar-refractivity contribution < 1.29 is 29.4 Å². The summed E-state index contributed by atoms with van der Waals surface area (Å²) in [6, 6.07) is -1.37. The fourth-order valence-electron chi connectivity index (χ4n) is 0.745. The van der Waals surface area contributed by atoms with Crippen molar-refractivity contribution in [2.24, 2.45) is 5.73 Å². The molecule has 0 aromatic rings. The van der Waals surface area contributed by atoms with Gasteiger partial charge in [-0.1, -0.05) is 6.08 Å². The van der Waals surface area contributed by atoms with Gasteiger partial charge in [-0.2, -0.15) is 0 Å². The molecule has 0 radical (unpaired) electrons. The van der Waals surface area contributed by atoms with Gasteiger partial charge in [0.2, 0.25) is 0 Å². The Bertz CT molecular complexity index is 282. The Labute approximate surface area is 80.0 Å². The average molecular weight is 225 g/mol. The Morgan fingerprint density at radius 1 is 1.50 bits per heavy atom. The highest BCUT2D eigenvalue weighted by molar-refractivity contribution is 7.52. The summed E-state index contributed by atoms with van der Waals surface area (Å²) in [6.45, 7) is -0.633. The van der Waals surface area contributed by atoms with Gasteiger partial charge in [0.15, 0.2) is 0 Å². The molecule has 0 aromatic carbocycles. The fraction of sp³-hybridized carbons (Fsp3) is 0.500. The van der Waals surface area contributed by atoms with E-state index in [1.54, 1.807) is 0 Å². The minimum Gasteiger partial charge on any atom is -0.480 e. The molecule has 0 aliphatic carbocycles. The smallest absolute Gasteiger partial charge is 0.329 e. The van der Waals surface area contributed by atoms with Crippen molar-refractivity contribution in [3.05, 3.63) is 11.6 Å². The zero-order chi connectivity index (χ0) is 11.4. The standard InChI is InChI=1S/C6H12NO6P/c7-5(6(9)10)1-4(2-8)3-14(11,12)13/h1,5,8H,2-3,7H2,(H,9,10)(H2,11,12,13)/b4-1-. The van der Waals surface area contributed by atoms with Crippen molar-refractivity contribution in [1.29, 1.82) is 0 Å². The third kappa shape index (κ3) is 5.85. The number of nitrogens with two attached hydrogens (primary N) is 1. The van der Waals surface area contributed by atoms with Crippen LogP contribution in [0.1, 0.15) is 0 Å². The fourth-order valence-corrected chi connectivity index (χ4v) is 1.48. The highest BCUT2D eigenvalue weighted by Gasteiger charge is 2.17. The number of carboxylic acids is 1. The molecule has 82 valence electrons. The van der Waals surface area contributed by atoms with Gasteiger partial charge in [-0.3, -0.25) is 9.36 Å². The predicted octanol–water partition coefficient (Wildman–Crippen LogP) is -1.51. The number of carboxylic acid groups (broad SMARTS) is 1. The van der Waals surface area contributed by atoms with Crippen LogP contribution in [-0.4, -0.2) is 44.8 Å². The first-order valence-electron chi connectivity index (χ1n) is 3.59. The van der Waals surface area contributed by atoms with Gasteiger partial charge in [-0.25, -0.2) is 0 Å². The van der Waals surface area contributed by atoms with Crippen molar-refractivity contribution >= 4 is 13.6 Å². The molecule has 14 heavy (non-hydrogen) atoms. The molecule has 0 bridgehead atoms. The summed E-state index contributed by atoms with van der Waals surface area (Å²) in [4.78, 5) is 27.4. The van der Waals surface area contributed by atoms with E-state index in [9.17, 15) is 9.36 Å². The van der Waals surface area contributed by atoms with Crippen LogP contribution in [0.3, 0.4) is 0 Å². The molecule has 1 atom stereocenters. The number of hydrogen-bond acceptors (Lipinski definition) is 4. The van der Waals surface area contributed by atoms with Gasteiger partial charge in [0.25, 0.3) is 0 Å². The van der Waals surface area contributed by atoms with Crippen molar-refractivity contribution in [3.63, 3.8) is 0 Å². The normalized spacial score (nSPS) is 15.3. The summed E-state index contributed by atoms with van der Waals surface area (Å²) in [5.41, 5.74) is 4.98. The van der Waals surface area contributed by atoms with Crippen LogP contribution in [0, 0.1) is 0 Å². The minimum absolute atomic E-state index is 0.0896. The first-order valence-corrected chi connectivity index (χ1v) is 5.39. The van der Waals surface area contributed by atoms with Gasteiger partial charge >= 0.3 is 13.6 Å². The number of carbonyl (C=O) groups is 1. The van der Waals surface area contributed by atoms with Crippen LogP contribution >= 0.6 is 7.60 Å². The van der Waals surface area contributed by atoms with E-state index in [0.29, 0.717) is 0 Å². The highest BCUT2D eigenvalue weighted by Crippen LogP contribution is 2.36. The molecule has 8 heteroatoms. The molecular weight excluding hydrogens is 213 g/mol. The molecular formula is C6H12NO6P. The predicted molar refractivity (Wildman–Crippen MR) is 47.7 cm³/mol. The van der Waals surface area contributed by atoms with Gasteiger partial charge in [0.1, 0.15) is 6.04 Å². The monoisotopic (exact) mass is 225 g/mol. The summed E-state index contributed by atoms with van der Waals surface area (Å²) in [5.74, 6) is -1.33. The Morgan fingerprint density at radius 2 is 2.00 bits per heavy atom. The molecule has 0 saturated heterocycles. The average Bonchev–Trinajstić information content (AvgIpc) is 2.00. The van der Waals surface area contributed by atoms with Crippen LogP contribution in [0.25, 0.3) is 0 Å². The second-order valence-corrected chi connectivity index (χ2v) is 4.32. The third-order valence-corrected chi connectivity index (χ3v) is 2.13. The van der Waals surface area contributed by atoms with Crippen LogP contribution in [-0.2, 0) is 9.36 Å². The van der Waals surface area contributed by atoms with E-state index in [-0.39, 0.29) is 5.57 Å². The maximum atomic E-state index is 10.5. The SMILES string of the molecule is NC(/C=C(/CO)CP(=O)(O)O)C(=O)O. The molecule has 0 aromatic heterocycles. The molecule has 0 spiro atoms. The van der Waals surface area contributed by atoms with E-state index in [0.717, 1.165) is 6.08 Å². The quantitative estimate of drug-likeness (QED) is 0.283. The molecule has 1 unspecified atom stereocenters. The number of aliphatic carboxylic acids is 1. The lowest BCUT2D eigenvalue weighted by Crippen LogP contribution is -2.28. The van der Waals surface area contributed by atoms with E-state index in [2.05, 4.69) is 0 Å². The van der Waals surface area contributed by atoms with Crippen LogP contribution in [0.5, 0.6) is 0 Å². The summed E-state index contributed by atoms with van der Waals surface area (Å²) in [6.07, 6.45) is 0.228. The number of aliphatic hydroxyl groups is 1. The van der Waals surface area contributed by atoms with Crippen molar-refractivity contribution in [2.75, 3.05) is 12.8 Å². The van der Waals surface area contributed by atoms with Crippen LogP contribution in [0.15, 0.2) is 11.6 Å². The molecule has 0 amide bonds. The topological polar surface area (TPSA) is 141 Å². The van der Waals surface area contributed by atoms with Crippen LogP contribution < -0.4 is 5.73 Å². The maximum Gasteiger partial charge on any atom is 0.329 e. The largest absolute Gasteiger partial charge is 0.480 e. The van der Waals surface area contributed by atoms with E-state index in [1.165, 1.54) is 0 Å². The third-order valence-electron chi connectivity index (χ3n) is 1.31. The first kappa shape index (κ1) is 13.3. The van der Waals surface area contributed by atoms with Crippen LogP contribution in [0.4, 0.5) is 0 Å². The minimum atomic E-state index is -4.30. The van der Waals surface area contributed by atoms with Crippen molar-refractivity contribution in [1.82, 2.24) is 0 Å². The van der Waals surface area contributed by atoms with Gasteiger partial charge < -0.3 is 25.7 Å². The van der Waals surface area contributed by atoms with Gasteiger partial charge in [-0.05, 0) is 5.57 Å². The Kier molecular flexibility index (Phi) is 4.96. The summed E-state index contributed by atoms with van der Waals surface area (Å²) in [7, 11) is -4.30. The summed E-state index contributed by atoms with van der Waals surface area (Å²) < 4.78 is 10.5. The van der Waals surface area contributed by atoms with E-state index < -0.39 is 32.4 Å². The first-order chi connectivity index (χ1) is 6.26. The molecule has 0 rings (SSSR count). The van der Waals surface area contributed by atoms with Gasteiger partial charge in [0.05, 0.1) is 12.8 Å². The van der Waals surface area contributed by atoms with Crippen molar-refractivity contribution in [2.45, 2.75) is 6.04 Å². The second kappa shape index (κ2) is 5.23. The Balaban J connectivity index is 4.56. The van der Waals surface area contributed by atoms with Crippen LogP contribution in [0.2, 0.25) is 0 Å². The molecule has 0 aliphatic heterocycles. The summed E-state index contributed by atoms with van der Waals surface area (Å²) in [5, 5.41) is 17.0. The number of rotatable bonds is 5. The second-order valence-electron chi connectivity index (χ2n) is 2.67. The molecule has 0 fully saturated rings. The van der Waals surface area contributed by atoms with Gasteiger partial charge in [-0.15, -0.1) is 0 Å². The molecule has 0 saturated carbocycles. The van der Waals surface area contributed by atoms with Crippen molar-refractivity contribution in [3.8, 4) is 0 Å². The lowest BCUT2D eigenvalue weighted by atomic mass is 10.2. The number of hydrogen-bond donors (Lipinski definition) is 5. The van der Waals surface area contributed by atoms with Gasteiger partial charge in [0, 0.05) is 0 Å². The molecule has 0 aliphatic rings. The Morgan fingerprint density at radius 3 is 2.29 bits per heavy atom. The molecule has 6 N–H and O–H groups in total. The zero-order valence-corrected chi connectivity index (χ0v) is 8.09. The maximum absolute atomic E-state index is 10.5.